The maximum atomic E-state index is 9.93. The number of hydrogen-bond acceptors (Lipinski definition) is 7. The molecule has 28 heavy (non-hydrogen) atoms. The fourth-order valence-electron chi connectivity index (χ4n) is 3.10. The number of nitrogens with one attached hydrogen (secondary N) is 1. The number of nitrogens with zero attached hydrogens (tertiary/aromatic N) is 6. The zero-order chi connectivity index (χ0) is 19.6. The van der Waals surface area contributed by atoms with Crippen molar-refractivity contribution in [2.24, 2.45) is 0 Å². The third kappa shape index (κ3) is 4.37. The Balaban J connectivity index is 1.62. The Morgan fingerprint density at radius 1 is 1.36 bits per heavy atom. The van der Waals surface area contributed by atoms with Crippen LogP contribution in [-0.4, -0.2) is 59.7 Å². The smallest absolute Gasteiger partial charge is 0.155 e. The molecule has 0 amide bonds. The fraction of sp³-hybridized carbons (Fsp3) is 0.474. The van der Waals surface area contributed by atoms with E-state index in [0.29, 0.717) is 19.4 Å². The highest BCUT2D eigenvalue weighted by molar-refractivity contribution is 5.62. The van der Waals surface area contributed by atoms with Crippen LogP contribution in [0.2, 0.25) is 0 Å². The topological polar surface area (TPSA) is 103 Å². The number of aromatic nitrogens is 6. The summed E-state index contributed by atoms with van der Waals surface area (Å²) in [7, 11) is 0. The van der Waals surface area contributed by atoms with Crippen LogP contribution in [0.25, 0.3) is 11.5 Å². The molecule has 2 N–H and O–H groups in total. The molecule has 0 aromatic carbocycles. The second-order valence-electron chi connectivity index (χ2n) is 7.68. The maximum Gasteiger partial charge on any atom is 0.155 e. The van der Waals surface area contributed by atoms with Crippen LogP contribution in [0.15, 0.2) is 36.9 Å². The van der Waals surface area contributed by atoms with Crippen molar-refractivity contribution in [3.63, 3.8) is 0 Å². The zero-order valence-corrected chi connectivity index (χ0v) is 16.1. The van der Waals surface area contributed by atoms with Crippen LogP contribution in [0.3, 0.4) is 0 Å². The van der Waals surface area contributed by atoms with Crippen LogP contribution in [0.5, 0.6) is 0 Å². The first-order valence-corrected chi connectivity index (χ1v) is 9.46. The van der Waals surface area contributed by atoms with Crippen molar-refractivity contribution in [3.05, 3.63) is 42.6 Å². The van der Waals surface area contributed by atoms with Crippen molar-refractivity contribution >= 4 is 5.69 Å². The molecule has 1 aliphatic heterocycles. The van der Waals surface area contributed by atoms with Gasteiger partial charge in [0.05, 0.1) is 42.0 Å². The first-order chi connectivity index (χ1) is 13.5. The maximum absolute atomic E-state index is 9.93. The molecular formula is C19H25N7O2. The average Bonchev–Trinajstić information content (AvgIpc) is 3.41. The number of rotatable bonds is 7. The molecule has 9 nitrogen and oxygen atoms in total. The molecule has 1 aliphatic rings. The quantitative estimate of drug-likeness (QED) is 0.641. The summed E-state index contributed by atoms with van der Waals surface area (Å²) in [5, 5.41) is 26.2. The molecule has 4 heterocycles. The van der Waals surface area contributed by atoms with Gasteiger partial charge in [0, 0.05) is 25.1 Å². The van der Waals surface area contributed by atoms with E-state index < -0.39 is 5.60 Å². The van der Waals surface area contributed by atoms with E-state index in [4.69, 9.17) is 4.74 Å². The molecule has 1 unspecified atom stereocenters. The Hall–Kier alpha value is -2.78. The van der Waals surface area contributed by atoms with Crippen LogP contribution >= 0.6 is 0 Å². The number of anilines is 1. The second-order valence-corrected chi connectivity index (χ2v) is 7.68. The monoisotopic (exact) mass is 383 g/mol. The summed E-state index contributed by atoms with van der Waals surface area (Å²) in [6.45, 7) is 5.02. The molecule has 1 atom stereocenters. The molecule has 1 fully saturated rings. The first kappa shape index (κ1) is 18.6. The molecule has 3 aromatic rings. The lowest BCUT2D eigenvalue weighted by Crippen LogP contribution is -2.20. The van der Waals surface area contributed by atoms with Crippen molar-refractivity contribution in [1.82, 2.24) is 29.8 Å². The van der Waals surface area contributed by atoms with E-state index in [1.165, 1.54) is 0 Å². The van der Waals surface area contributed by atoms with E-state index in [9.17, 15) is 5.11 Å². The summed E-state index contributed by atoms with van der Waals surface area (Å²) >= 11 is 0. The van der Waals surface area contributed by atoms with E-state index in [-0.39, 0.29) is 6.04 Å². The lowest BCUT2D eigenvalue weighted by molar-refractivity contribution is 0.0711. The van der Waals surface area contributed by atoms with Gasteiger partial charge in [-0.3, -0.25) is 0 Å². The lowest BCUT2D eigenvalue weighted by Gasteiger charge is -2.17. The number of pyridine rings is 1. The van der Waals surface area contributed by atoms with Gasteiger partial charge in [-0.05, 0) is 39.2 Å². The molecule has 4 rings (SSSR count). The number of hydrogen-bond donors (Lipinski definition) is 2. The molecule has 0 radical (unpaired) electrons. The Kier molecular flexibility index (Phi) is 5.10. The van der Waals surface area contributed by atoms with Crippen molar-refractivity contribution in [1.29, 1.82) is 0 Å². The van der Waals surface area contributed by atoms with Crippen molar-refractivity contribution < 1.29 is 9.84 Å². The summed E-state index contributed by atoms with van der Waals surface area (Å²) < 4.78 is 8.93. The van der Waals surface area contributed by atoms with Crippen molar-refractivity contribution in [3.8, 4) is 11.5 Å². The first-order valence-electron chi connectivity index (χ1n) is 9.46. The summed E-state index contributed by atoms with van der Waals surface area (Å²) in [4.78, 5) is 4.53. The fourth-order valence-corrected chi connectivity index (χ4v) is 3.10. The highest BCUT2D eigenvalue weighted by Gasteiger charge is 2.19. The molecule has 1 saturated heterocycles. The Morgan fingerprint density at radius 2 is 2.25 bits per heavy atom. The number of aryl methyl sites for hydroxylation is 1. The van der Waals surface area contributed by atoms with E-state index in [1.54, 1.807) is 35.6 Å². The van der Waals surface area contributed by atoms with Crippen molar-refractivity contribution in [2.45, 2.75) is 44.8 Å². The Labute approximate surface area is 163 Å². The molecule has 9 heteroatoms. The largest absolute Gasteiger partial charge is 0.390 e. The van der Waals surface area contributed by atoms with Crippen LogP contribution in [0.1, 0.15) is 32.4 Å². The highest BCUT2D eigenvalue weighted by atomic mass is 16.5. The molecule has 0 bridgehead atoms. The van der Waals surface area contributed by atoms with Gasteiger partial charge in [0.25, 0.3) is 0 Å². The Bertz CT molecular complexity index is 909. The van der Waals surface area contributed by atoms with E-state index >= 15 is 0 Å². The molecule has 3 aromatic heterocycles. The van der Waals surface area contributed by atoms with Gasteiger partial charge >= 0.3 is 0 Å². The average molecular weight is 383 g/mol. The van der Waals surface area contributed by atoms with Gasteiger partial charge in [0.2, 0.25) is 0 Å². The standard InChI is InChI=1S/C19H25N7O2/c1-19(2,27)6-4-14-12-26(24-23-14)17-11-20-18(25-8-3-7-21-25)10-16(17)22-15-5-9-28-13-15/h3,7-8,10-12,15,27H,4-6,9,13H2,1-2H3,(H,20,22). The predicted octanol–water partition coefficient (Wildman–Crippen LogP) is 1.75. The van der Waals surface area contributed by atoms with Gasteiger partial charge in [-0.15, -0.1) is 5.10 Å². The summed E-state index contributed by atoms with van der Waals surface area (Å²) in [6.07, 6.45) is 9.45. The SMILES string of the molecule is CC(C)(O)CCc1cn(-c2cnc(-n3cccn3)cc2NC2CCOC2)nn1. The minimum Gasteiger partial charge on any atom is -0.390 e. The minimum absolute atomic E-state index is 0.241. The van der Waals surface area contributed by atoms with Gasteiger partial charge in [0.1, 0.15) is 5.69 Å². The van der Waals surface area contributed by atoms with E-state index in [2.05, 4.69) is 25.7 Å². The second kappa shape index (κ2) is 7.69. The van der Waals surface area contributed by atoms with Gasteiger partial charge < -0.3 is 15.2 Å². The lowest BCUT2D eigenvalue weighted by atomic mass is 10.0. The number of aliphatic hydroxyl groups is 1. The zero-order valence-electron chi connectivity index (χ0n) is 16.1. The molecular weight excluding hydrogens is 358 g/mol. The number of ether oxygens (including phenoxy) is 1. The van der Waals surface area contributed by atoms with E-state index in [0.717, 1.165) is 35.9 Å². The van der Waals surface area contributed by atoms with E-state index in [1.807, 2.05) is 24.5 Å². The van der Waals surface area contributed by atoms with Crippen molar-refractivity contribution in [2.75, 3.05) is 18.5 Å². The Morgan fingerprint density at radius 3 is 2.96 bits per heavy atom. The van der Waals surface area contributed by atoms with Gasteiger partial charge in [-0.1, -0.05) is 5.21 Å². The third-order valence-corrected chi connectivity index (χ3v) is 4.68. The summed E-state index contributed by atoms with van der Waals surface area (Å²) in [5.41, 5.74) is 1.81. The highest BCUT2D eigenvalue weighted by Crippen LogP contribution is 2.24. The van der Waals surface area contributed by atoms with Crippen LogP contribution in [-0.2, 0) is 11.2 Å². The molecule has 0 spiro atoms. The van der Waals surface area contributed by atoms with Gasteiger partial charge in [-0.25, -0.2) is 14.3 Å². The van der Waals surface area contributed by atoms with Gasteiger partial charge in [-0.2, -0.15) is 5.10 Å². The van der Waals surface area contributed by atoms with Gasteiger partial charge in [0.15, 0.2) is 5.82 Å². The molecule has 0 aliphatic carbocycles. The van der Waals surface area contributed by atoms with Crippen LogP contribution in [0.4, 0.5) is 5.69 Å². The molecule has 148 valence electrons. The summed E-state index contributed by atoms with van der Waals surface area (Å²) in [5.74, 6) is 0.720. The van der Waals surface area contributed by atoms with Crippen LogP contribution < -0.4 is 5.32 Å². The normalized spacial score (nSPS) is 17.2. The van der Waals surface area contributed by atoms with Crippen LogP contribution in [0, 0.1) is 0 Å². The minimum atomic E-state index is -0.730. The predicted molar refractivity (Wildman–Crippen MR) is 104 cm³/mol. The molecule has 0 saturated carbocycles. The third-order valence-electron chi connectivity index (χ3n) is 4.68. The summed E-state index contributed by atoms with van der Waals surface area (Å²) in [6, 6.07) is 4.06.